The van der Waals surface area contributed by atoms with E-state index in [9.17, 15) is 18.0 Å². The molecule has 1 aromatic rings. The van der Waals surface area contributed by atoms with Gasteiger partial charge < -0.3 is 10.6 Å². The summed E-state index contributed by atoms with van der Waals surface area (Å²) in [5.41, 5.74) is 4.59. The van der Waals surface area contributed by atoms with Crippen LogP contribution in [-0.2, 0) is 6.18 Å². The molecule has 1 aliphatic rings. The Balaban J connectivity index is 2.14. The number of halogens is 3. The molecule has 1 amide bonds. The van der Waals surface area contributed by atoms with E-state index in [1.807, 2.05) is 0 Å². The molecule has 0 atom stereocenters. The van der Waals surface area contributed by atoms with Gasteiger partial charge in [0.2, 0.25) is 0 Å². The van der Waals surface area contributed by atoms with Crippen molar-refractivity contribution in [1.29, 1.82) is 0 Å². The highest BCUT2D eigenvalue weighted by molar-refractivity contribution is 5.92. The third-order valence-corrected chi connectivity index (χ3v) is 2.93. The topological polar surface area (TPSA) is 59.2 Å². The molecule has 1 aromatic heterocycles. The Morgan fingerprint density at radius 3 is 2.53 bits per heavy atom. The molecule has 1 heterocycles. The summed E-state index contributed by atoms with van der Waals surface area (Å²) in [6.45, 7) is 0.717. The molecule has 19 heavy (non-hydrogen) atoms. The molecule has 0 saturated heterocycles. The fourth-order valence-corrected chi connectivity index (χ4v) is 1.81. The van der Waals surface area contributed by atoms with Crippen molar-refractivity contribution in [3.8, 4) is 0 Å². The van der Waals surface area contributed by atoms with Crippen molar-refractivity contribution < 1.29 is 18.0 Å². The number of amides is 1. The van der Waals surface area contributed by atoms with Crippen LogP contribution in [0.25, 0.3) is 0 Å². The SMILES string of the molecule is NCCN(C(=O)c1ccc(C(F)(F)F)cn1)C1CC1. The van der Waals surface area contributed by atoms with Gasteiger partial charge in [-0.2, -0.15) is 13.2 Å². The normalized spacial score (nSPS) is 15.4. The Bertz CT molecular complexity index is 454. The first kappa shape index (κ1) is 13.8. The van der Waals surface area contributed by atoms with Gasteiger partial charge in [0, 0.05) is 25.3 Å². The number of pyridine rings is 1. The van der Waals surface area contributed by atoms with Gasteiger partial charge in [0.05, 0.1) is 5.56 Å². The zero-order valence-corrected chi connectivity index (χ0v) is 10.2. The minimum Gasteiger partial charge on any atom is -0.333 e. The van der Waals surface area contributed by atoms with E-state index in [2.05, 4.69) is 4.98 Å². The van der Waals surface area contributed by atoms with E-state index < -0.39 is 11.7 Å². The first-order valence-electron chi connectivity index (χ1n) is 5.98. The van der Waals surface area contributed by atoms with E-state index in [1.165, 1.54) is 0 Å². The summed E-state index contributed by atoms with van der Waals surface area (Å²) in [5.74, 6) is -0.360. The van der Waals surface area contributed by atoms with Crippen molar-refractivity contribution in [3.63, 3.8) is 0 Å². The minimum absolute atomic E-state index is 0.0216. The lowest BCUT2D eigenvalue weighted by Gasteiger charge is -2.21. The van der Waals surface area contributed by atoms with Crippen molar-refractivity contribution in [1.82, 2.24) is 9.88 Å². The van der Waals surface area contributed by atoms with Crippen molar-refractivity contribution in [2.75, 3.05) is 13.1 Å². The molecule has 1 fully saturated rings. The largest absolute Gasteiger partial charge is 0.417 e. The predicted molar refractivity (Wildman–Crippen MR) is 62.4 cm³/mol. The van der Waals surface area contributed by atoms with Crippen molar-refractivity contribution >= 4 is 5.91 Å². The second-order valence-electron chi connectivity index (χ2n) is 4.45. The quantitative estimate of drug-likeness (QED) is 0.907. The second kappa shape index (κ2) is 5.16. The second-order valence-corrected chi connectivity index (χ2v) is 4.45. The molecule has 0 aromatic carbocycles. The number of hydrogen-bond donors (Lipinski definition) is 1. The first-order chi connectivity index (χ1) is 8.93. The predicted octanol–water partition coefficient (Wildman–Crippen LogP) is 1.66. The number of carbonyl (C=O) groups excluding carboxylic acids is 1. The molecule has 1 aliphatic carbocycles. The summed E-state index contributed by atoms with van der Waals surface area (Å²) in [5, 5.41) is 0. The monoisotopic (exact) mass is 273 g/mol. The fourth-order valence-electron chi connectivity index (χ4n) is 1.81. The Kier molecular flexibility index (Phi) is 3.75. The molecule has 0 radical (unpaired) electrons. The van der Waals surface area contributed by atoms with E-state index in [4.69, 9.17) is 5.73 Å². The van der Waals surface area contributed by atoms with Crippen molar-refractivity contribution in [2.24, 2.45) is 5.73 Å². The van der Waals surface area contributed by atoms with Gasteiger partial charge in [0.25, 0.3) is 5.91 Å². The molecule has 0 aliphatic heterocycles. The molecular weight excluding hydrogens is 259 g/mol. The van der Waals surface area contributed by atoms with Crippen molar-refractivity contribution in [2.45, 2.75) is 25.1 Å². The number of alkyl halides is 3. The Morgan fingerprint density at radius 1 is 1.42 bits per heavy atom. The van der Waals surface area contributed by atoms with Crippen LogP contribution in [0.1, 0.15) is 28.9 Å². The Morgan fingerprint density at radius 2 is 2.11 bits per heavy atom. The van der Waals surface area contributed by atoms with Gasteiger partial charge in [-0.3, -0.25) is 9.78 Å². The van der Waals surface area contributed by atoms with E-state index >= 15 is 0 Å². The molecule has 4 nitrogen and oxygen atoms in total. The summed E-state index contributed by atoms with van der Waals surface area (Å²) in [6.07, 6.45) is -1.94. The molecule has 0 spiro atoms. The Hall–Kier alpha value is -1.63. The molecule has 2 N–H and O–H groups in total. The van der Waals surface area contributed by atoms with Crippen LogP contribution in [-0.4, -0.2) is 34.9 Å². The van der Waals surface area contributed by atoms with Crippen LogP contribution in [0.3, 0.4) is 0 Å². The lowest BCUT2D eigenvalue weighted by Crippen LogP contribution is -2.37. The average molecular weight is 273 g/mol. The Labute approximate surface area is 108 Å². The minimum atomic E-state index is -4.44. The number of nitrogens with zero attached hydrogens (tertiary/aromatic N) is 2. The van der Waals surface area contributed by atoms with Crippen LogP contribution in [0.15, 0.2) is 18.3 Å². The summed E-state index contributed by atoms with van der Waals surface area (Å²) < 4.78 is 37.2. The van der Waals surface area contributed by atoms with Crippen LogP contribution in [0.4, 0.5) is 13.2 Å². The summed E-state index contributed by atoms with van der Waals surface area (Å²) in [4.78, 5) is 17.3. The number of carbonyl (C=O) groups is 1. The zero-order chi connectivity index (χ0) is 14.0. The smallest absolute Gasteiger partial charge is 0.333 e. The number of aromatic nitrogens is 1. The van der Waals surface area contributed by atoms with E-state index in [0.717, 1.165) is 25.0 Å². The lowest BCUT2D eigenvalue weighted by atomic mass is 10.2. The highest BCUT2D eigenvalue weighted by atomic mass is 19.4. The third kappa shape index (κ3) is 3.23. The first-order valence-corrected chi connectivity index (χ1v) is 5.98. The van der Waals surface area contributed by atoms with Crippen LogP contribution in [0, 0.1) is 0 Å². The maximum absolute atomic E-state index is 12.4. The van der Waals surface area contributed by atoms with Crippen LogP contribution in [0.5, 0.6) is 0 Å². The zero-order valence-electron chi connectivity index (χ0n) is 10.2. The van der Waals surface area contributed by atoms with Gasteiger partial charge in [-0.25, -0.2) is 0 Å². The molecule has 1 saturated carbocycles. The number of nitrogens with two attached hydrogens (primary N) is 1. The molecule has 104 valence electrons. The fraction of sp³-hybridized carbons (Fsp3) is 0.500. The van der Waals surface area contributed by atoms with Gasteiger partial charge in [-0.1, -0.05) is 0 Å². The average Bonchev–Trinajstić information content (AvgIpc) is 3.18. The van der Waals surface area contributed by atoms with Gasteiger partial charge in [0.1, 0.15) is 5.69 Å². The van der Waals surface area contributed by atoms with E-state index in [-0.39, 0.29) is 17.6 Å². The summed E-state index contributed by atoms with van der Waals surface area (Å²) in [7, 11) is 0. The molecule has 7 heteroatoms. The highest BCUT2D eigenvalue weighted by Crippen LogP contribution is 2.30. The highest BCUT2D eigenvalue weighted by Gasteiger charge is 2.34. The van der Waals surface area contributed by atoms with E-state index in [1.54, 1.807) is 4.90 Å². The van der Waals surface area contributed by atoms with Gasteiger partial charge in [-0.15, -0.1) is 0 Å². The third-order valence-electron chi connectivity index (χ3n) is 2.93. The van der Waals surface area contributed by atoms with E-state index in [0.29, 0.717) is 19.3 Å². The molecule has 0 unspecified atom stereocenters. The van der Waals surface area contributed by atoms with Crippen LogP contribution >= 0.6 is 0 Å². The number of hydrogen-bond acceptors (Lipinski definition) is 3. The van der Waals surface area contributed by atoms with Gasteiger partial charge in [0.15, 0.2) is 0 Å². The van der Waals surface area contributed by atoms with Gasteiger partial charge >= 0.3 is 6.18 Å². The van der Waals surface area contributed by atoms with Crippen LogP contribution < -0.4 is 5.73 Å². The molecule has 2 rings (SSSR count). The van der Waals surface area contributed by atoms with Crippen molar-refractivity contribution in [3.05, 3.63) is 29.6 Å². The lowest BCUT2D eigenvalue weighted by molar-refractivity contribution is -0.137. The molecular formula is C12H14F3N3O. The molecule has 0 bridgehead atoms. The maximum Gasteiger partial charge on any atom is 0.417 e. The standard InChI is InChI=1S/C12H14F3N3O/c13-12(14,15)8-1-4-10(17-7-8)11(19)18(6-5-16)9-2-3-9/h1,4,7,9H,2-3,5-6,16H2. The maximum atomic E-state index is 12.4. The summed E-state index contributed by atoms with van der Waals surface area (Å²) in [6, 6.07) is 2.13. The number of rotatable bonds is 4. The van der Waals surface area contributed by atoms with Crippen LogP contribution in [0.2, 0.25) is 0 Å². The summed E-state index contributed by atoms with van der Waals surface area (Å²) >= 11 is 0. The van der Waals surface area contributed by atoms with Gasteiger partial charge in [-0.05, 0) is 25.0 Å².